The predicted molar refractivity (Wildman–Crippen MR) is 128 cm³/mol. The number of hydrogen-bond donors (Lipinski definition) is 2. The standard InChI is InChI=1S/C26H35N3O5/c1-6-24-11-8-13-29-14-12-25(20(24)29)18-10-9-17(33-5)15-19(18)28(4)21(25)26(32,23(31)27-7-2)22(24)34-16(3)30/h8-11,15,20-22,32H,6-7,12-14H2,1-5H3,(H,27,31)/t20-,21+,22+,24+,25?,26-/m0/s1. The molecular weight excluding hydrogens is 434 g/mol. The van der Waals surface area contributed by atoms with E-state index in [4.69, 9.17) is 9.47 Å². The molecule has 1 aromatic carbocycles. The molecule has 34 heavy (non-hydrogen) atoms. The van der Waals surface area contributed by atoms with Crippen LogP contribution in [0.3, 0.4) is 0 Å². The number of amides is 1. The van der Waals surface area contributed by atoms with Crippen LogP contribution < -0.4 is 15.0 Å². The molecule has 1 aromatic rings. The summed E-state index contributed by atoms with van der Waals surface area (Å²) in [7, 11) is 3.56. The van der Waals surface area contributed by atoms with Crippen LogP contribution in [0.5, 0.6) is 5.75 Å². The molecule has 1 spiro atoms. The van der Waals surface area contributed by atoms with Gasteiger partial charge < -0.3 is 24.8 Å². The van der Waals surface area contributed by atoms with Gasteiger partial charge in [-0.05, 0) is 37.9 Å². The van der Waals surface area contributed by atoms with Crippen LogP contribution >= 0.6 is 0 Å². The van der Waals surface area contributed by atoms with Crippen LogP contribution in [0, 0.1) is 5.41 Å². The summed E-state index contributed by atoms with van der Waals surface area (Å²) >= 11 is 0. The zero-order valence-corrected chi connectivity index (χ0v) is 20.6. The second-order valence-electron chi connectivity index (χ2n) is 10.1. The van der Waals surface area contributed by atoms with E-state index < -0.39 is 40.5 Å². The fraction of sp³-hybridized carbons (Fsp3) is 0.615. The summed E-state index contributed by atoms with van der Waals surface area (Å²) in [5, 5.41) is 15.5. The van der Waals surface area contributed by atoms with E-state index in [-0.39, 0.29) is 6.04 Å². The Morgan fingerprint density at radius 1 is 1.26 bits per heavy atom. The number of benzene rings is 1. The molecule has 184 valence electrons. The molecule has 0 bridgehead atoms. The Balaban J connectivity index is 1.85. The normalized spacial score (nSPS) is 37.6. The van der Waals surface area contributed by atoms with Gasteiger partial charge >= 0.3 is 5.97 Å². The molecule has 4 aliphatic rings. The minimum absolute atomic E-state index is 0.0313. The Hall–Kier alpha value is -2.58. The van der Waals surface area contributed by atoms with E-state index in [9.17, 15) is 14.7 Å². The topological polar surface area (TPSA) is 91.3 Å². The van der Waals surface area contributed by atoms with Gasteiger partial charge in [0.1, 0.15) is 5.75 Å². The number of hydrogen-bond acceptors (Lipinski definition) is 7. The third-order valence-electron chi connectivity index (χ3n) is 8.81. The third kappa shape index (κ3) is 2.61. The van der Waals surface area contributed by atoms with Gasteiger partial charge in [-0.25, -0.2) is 0 Å². The average molecular weight is 470 g/mol. The number of carbonyl (C=O) groups is 2. The minimum atomic E-state index is -1.97. The van der Waals surface area contributed by atoms with Crippen LogP contribution in [0.15, 0.2) is 30.4 Å². The summed E-state index contributed by atoms with van der Waals surface area (Å²) in [6, 6.07) is 5.39. The van der Waals surface area contributed by atoms with Gasteiger partial charge in [0.2, 0.25) is 5.60 Å². The summed E-state index contributed by atoms with van der Waals surface area (Å²) in [5.74, 6) is -0.281. The first-order chi connectivity index (χ1) is 16.2. The number of carbonyl (C=O) groups excluding carboxylic acids is 2. The summed E-state index contributed by atoms with van der Waals surface area (Å²) in [4.78, 5) is 30.7. The van der Waals surface area contributed by atoms with Gasteiger partial charge in [0.05, 0.1) is 13.2 Å². The van der Waals surface area contributed by atoms with E-state index in [1.807, 2.05) is 31.0 Å². The van der Waals surface area contributed by atoms with Gasteiger partial charge in [-0.2, -0.15) is 0 Å². The second kappa shape index (κ2) is 7.71. The molecule has 3 aliphatic heterocycles. The number of nitrogens with zero attached hydrogens (tertiary/aromatic N) is 2. The van der Waals surface area contributed by atoms with Crippen molar-refractivity contribution in [3.63, 3.8) is 0 Å². The number of ether oxygens (including phenoxy) is 2. The molecule has 6 atom stereocenters. The fourth-order valence-corrected chi connectivity index (χ4v) is 7.84. The van der Waals surface area contributed by atoms with Crippen molar-refractivity contribution in [2.75, 3.05) is 38.7 Å². The molecule has 8 nitrogen and oxygen atoms in total. The van der Waals surface area contributed by atoms with Crippen molar-refractivity contribution in [2.24, 2.45) is 5.41 Å². The van der Waals surface area contributed by atoms with Crippen molar-refractivity contribution in [1.82, 2.24) is 10.2 Å². The SMILES string of the molecule is CCNC(=O)[C@]1(O)[C@@H]2N(C)c3cc(OC)ccc3C23CCN2CC=C[C@](CC)([C@H]23)[C@H]1OC(C)=O. The molecular formula is C26H35N3O5. The van der Waals surface area contributed by atoms with Gasteiger partial charge in [-0.15, -0.1) is 0 Å². The lowest BCUT2D eigenvalue weighted by Gasteiger charge is -2.63. The fourth-order valence-electron chi connectivity index (χ4n) is 7.84. The highest BCUT2D eigenvalue weighted by Crippen LogP contribution is 2.67. The second-order valence-corrected chi connectivity index (χ2v) is 10.1. The van der Waals surface area contributed by atoms with Gasteiger partial charge in [0, 0.05) is 55.7 Å². The summed E-state index contributed by atoms with van der Waals surface area (Å²) < 4.78 is 11.5. The molecule has 3 heterocycles. The van der Waals surface area contributed by atoms with Crippen molar-refractivity contribution in [1.29, 1.82) is 0 Å². The number of fused-ring (bicyclic) bond motifs is 1. The van der Waals surface area contributed by atoms with Crippen LogP contribution in [0.4, 0.5) is 5.69 Å². The Bertz CT molecular complexity index is 1060. The highest BCUT2D eigenvalue weighted by molar-refractivity contribution is 5.90. The lowest BCUT2D eigenvalue weighted by molar-refractivity contribution is -0.217. The molecule has 1 saturated heterocycles. The van der Waals surface area contributed by atoms with Crippen LogP contribution in [-0.4, -0.2) is 79.5 Å². The van der Waals surface area contributed by atoms with Crippen LogP contribution in [0.2, 0.25) is 0 Å². The van der Waals surface area contributed by atoms with Gasteiger partial charge in [-0.1, -0.05) is 25.1 Å². The Labute approximate surface area is 200 Å². The molecule has 1 unspecified atom stereocenters. The maximum Gasteiger partial charge on any atom is 0.303 e. The first-order valence-corrected chi connectivity index (χ1v) is 12.2. The molecule has 2 fully saturated rings. The van der Waals surface area contributed by atoms with Crippen molar-refractivity contribution < 1.29 is 24.2 Å². The summed E-state index contributed by atoms with van der Waals surface area (Å²) in [6.45, 7) is 7.23. The van der Waals surface area contributed by atoms with E-state index in [0.717, 1.165) is 36.5 Å². The predicted octanol–water partition coefficient (Wildman–Crippen LogP) is 1.60. The maximum absolute atomic E-state index is 13.8. The lowest BCUT2D eigenvalue weighted by Crippen LogP contribution is -2.82. The van der Waals surface area contributed by atoms with E-state index in [1.165, 1.54) is 6.92 Å². The first-order valence-electron chi connectivity index (χ1n) is 12.2. The molecule has 1 saturated carbocycles. The molecule has 0 aromatic heterocycles. The van der Waals surface area contributed by atoms with Crippen molar-refractivity contribution >= 4 is 17.6 Å². The Morgan fingerprint density at radius 2 is 2.03 bits per heavy atom. The smallest absolute Gasteiger partial charge is 0.303 e. The zero-order valence-electron chi connectivity index (χ0n) is 20.6. The molecule has 1 aliphatic carbocycles. The van der Waals surface area contributed by atoms with Crippen molar-refractivity contribution in [3.8, 4) is 5.75 Å². The number of nitrogens with one attached hydrogen (secondary N) is 1. The minimum Gasteiger partial charge on any atom is -0.497 e. The molecule has 8 heteroatoms. The molecule has 5 rings (SSSR count). The molecule has 0 radical (unpaired) electrons. The monoisotopic (exact) mass is 469 g/mol. The van der Waals surface area contributed by atoms with Crippen LogP contribution in [0.25, 0.3) is 0 Å². The van der Waals surface area contributed by atoms with E-state index in [2.05, 4.69) is 35.4 Å². The quantitative estimate of drug-likeness (QED) is 0.500. The van der Waals surface area contributed by atoms with Crippen LogP contribution in [0.1, 0.15) is 39.2 Å². The summed E-state index contributed by atoms with van der Waals surface area (Å²) in [5.41, 5.74) is -1.15. The number of esters is 1. The number of aliphatic hydroxyl groups is 1. The Kier molecular flexibility index (Phi) is 5.26. The Morgan fingerprint density at radius 3 is 2.68 bits per heavy atom. The highest BCUT2D eigenvalue weighted by atomic mass is 16.6. The van der Waals surface area contributed by atoms with Crippen LogP contribution in [-0.2, 0) is 19.7 Å². The van der Waals surface area contributed by atoms with E-state index in [1.54, 1.807) is 7.11 Å². The highest BCUT2D eigenvalue weighted by Gasteiger charge is 2.79. The van der Waals surface area contributed by atoms with Gasteiger partial charge in [0.25, 0.3) is 5.91 Å². The van der Waals surface area contributed by atoms with Gasteiger partial charge in [0.15, 0.2) is 6.10 Å². The first kappa shape index (κ1) is 23.2. The molecule has 1 amide bonds. The zero-order chi connectivity index (χ0) is 24.5. The number of rotatable bonds is 5. The van der Waals surface area contributed by atoms with E-state index in [0.29, 0.717) is 13.0 Å². The summed E-state index contributed by atoms with van der Waals surface area (Å²) in [6.07, 6.45) is 4.59. The van der Waals surface area contributed by atoms with Crippen molar-refractivity contribution in [3.05, 3.63) is 35.9 Å². The number of likely N-dealkylation sites (N-methyl/N-ethyl adjacent to an activating group) is 2. The maximum atomic E-state index is 13.8. The third-order valence-corrected chi connectivity index (χ3v) is 8.81. The van der Waals surface area contributed by atoms with Gasteiger partial charge in [-0.3, -0.25) is 14.5 Å². The average Bonchev–Trinajstić information content (AvgIpc) is 3.33. The largest absolute Gasteiger partial charge is 0.497 e. The number of anilines is 1. The van der Waals surface area contributed by atoms with Crippen molar-refractivity contribution in [2.45, 2.75) is 62.8 Å². The van der Waals surface area contributed by atoms with E-state index >= 15 is 0 Å². The number of methoxy groups -OCH3 is 1. The lowest BCUT2D eigenvalue weighted by atomic mass is 9.47. The molecule has 2 N–H and O–H groups in total.